The highest BCUT2D eigenvalue weighted by atomic mass is 32.3. The fourth-order valence-electron chi connectivity index (χ4n) is 3.03. The van der Waals surface area contributed by atoms with E-state index in [0.29, 0.717) is 0 Å². The summed E-state index contributed by atoms with van der Waals surface area (Å²) in [6.45, 7) is 2.25. The average Bonchev–Trinajstić information content (AvgIpc) is 2.79. The summed E-state index contributed by atoms with van der Waals surface area (Å²) >= 11 is 0. The van der Waals surface area contributed by atoms with Gasteiger partial charge in [-0.15, -0.1) is 10.3 Å². The van der Waals surface area contributed by atoms with Gasteiger partial charge in [0.2, 0.25) is 0 Å². The molecule has 0 aromatic carbocycles. The van der Waals surface area contributed by atoms with Crippen LogP contribution in [0.4, 0.5) is 74.6 Å². The second kappa shape index (κ2) is 10.8. The number of hydrogen-bond donors (Lipinski definition) is 0. The highest BCUT2D eigenvalue weighted by Crippen LogP contribution is 2.65. The molecule has 0 bridgehead atoms. The molecule has 1 rings (SSSR count). The molecule has 1 aliphatic heterocycles. The van der Waals surface area contributed by atoms with Crippen LogP contribution < -0.4 is 0 Å². The second-order valence-corrected chi connectivity index (χ2v) is 14.2. The number of halogens is 17. The monoisotopic (exact) mass is 700 g/mol. The lowest BCUT2D eigenvalue weighted by Gasteiger charge is -2.44. The van der Waals surface area contributed by atoms with Gasteiger partial charge < -0.3 is 0 Å². The molecule has 0 aromatic rings. The minimum Gasteiger partial charge on any atom is -0.300 e. The Balaban J connectivity index is 3.73. The largest absolute Gasteiger partial charge is 0.460 e. The number of Topliss-reactive ketones (excluding diaryl/α,β-unsaturated/α-hetero) is 2. The molecule has 1 fully saturated rings. The van der Waals surface area contributed by atoms with Crippen molar-refractivity contribution in [3.63, 3.8) is 0 Å². The second-order valence-electron chi connectivity index (χ2n) is 9.16. The van der Waals surface area contributed by atoms with Crippen molar-refractivity contribution < 1.29 is 96.3 Å². The maximum absolute atomic E-state index is 14.4. The highest BCUT2D eigenvalue weighted by molar-refractivity contribution is 8.33. The van der Waals surface area contributed by atoms with Crippen molar-refractivity contribution in [1.82, 2.24) is 0 Å². The van der Waals surface area contributed by atoms with Crippen LogP contribution in [0, 0.1) is 5.92 Å². The lowest BCUT2D eigenvalue weighted by atomic mass is 9.91. The van der Waals surface area contributed by atoms with Gasteiger partial charge in [-0.05, 0) is 0 Å². The Labute approximate surface area is 225 Å². The number of carbonyl (C=O) groups excluding carboxylic acids is 2. The molecule has 42 heavy (non-hydrogen) atoms. The maximum atomic E-state index is 14.4. The van der Waals surface area contributed by atoms with Crippen LogP contribution in [0.3, 0.4) is 0 Å². The quantitative estimate of drug-likeness (QED) is 0.215. The van der Waals surface area contributed by atoms with E-state index < -0.39 is 115 Å². The first-order valence-corrected chi connectivity index (χ1v) is 14.1. The van der Waals surface area contributed by atoms with Gasteiger partial charge in [0.15, 0.2) is 0 Å². The van der Waals surface area contributed by atoms with Gasteiger partial charge in [-0.1, -0.05) is 13.8 Å². The lowest BCUT2D eigenvalue weighted by Crippen LogP contribution is -2.75. The number of hydrogen-bond acceptors (Lipinski definition) is 5. The molecule has 24 heteroatoms. The SMILES string of the molecule is CC(C)C(=O)CS1(OS(=O)(=O)C(F)(F)C(F)(F)C(F)(F)C(F)(F)C(F)(F)C(F)(F)C(F)(F)C(F)(F)F)CCC(=O)CC1. The molecule has 0 aromatic heterocycles. The van der Waals surface area contributed by atoms with Crippen molar-refractivity contribution in [3.8, 4) is 0 Å². The van der Waals surface area contributed by atoms with E-state index in [9.17, 15) is 92.6 Å². The van der Waals surface area contributed by atoms with E-state index >= 15 is 0 Å². The molecular weight excluding hydrogens is 683 g/mol. The van der Waals surface area contributed by atoms with Crippen molar-refractivity contribution in [2.75, 3.05) is 17.3 Å². The van der Waals surface area contributed by atoms with Gasteiger partial charge in [0, 0.05) is 30.3 Å². The predicted octanol–water partition coefficient (Wildman–Crippen LogP) is 6.61. The summed E-state index contributed by atoms with van der Waals surface area (Å²) in [6.07, 6.45) is -9.48. The molecule has 250 valence electrons. The van der Waals surface area contributed by atoms with Crippen molar-refractivity contribution in [3.05, 3.63) is 0 Å². The van der Waals surface area contributed by atoms with Crippen LogP contribution in [0.5, 0.6) is 0 Å². The van der Waals surface area contributed by atoms with Gasteiger partial charge in [-0.3, -0.25) is 9.59 Å². The van der Waals surface area contributed by atoms with Crippen LogP contribution in [0.15, 0.2) is 0 Å². The molecule has 0 atom stereocenters. The summed E-state index contributed by atoms with van der Waals surface area (Å²) < 4.78 is 257. The van der Waals surface area contributed by atoms with Crippen molar-refractivity contribution in [2.45, 2.75) is 73.7 Å². The standard InChI is InChI=1S/C18H17F17O5S2/c1-8(2)10(37)7-41(5-3-9(36)4-6-41)40-42(38,39)18(34,35)16(29,30)14(25,26)12(21,22)11(19,20)13(23,24)15(27,28)17(31,32)33/h8H,3-7H2,1-2H3. The van der Waals surface area contributed by atoms with Crippen LogP contribution in [0.1, 0.15) is 26.7 Å². The summed E-state index contributed by atoms with van der Waals surface area (Å²) in [5, 5.41) is -7.84. The minimum absolute atomic E-state index is 0.738. The fraction of sp³-hybridized carbons (Fsp3) is 0.889. The summed E-state index contributed by atoms with van der Waals surface area (Å²) in [5.74, 6) is -58.4. The number of rotatable bonds is 12. The predicted molar refractivity (Wildman–Crippen MR) is 107 cm³/mol. The van der Waals surface area contributed by atoms with Gasteiger partial charge in [0.1, 0.15) is 11.6 Å². The zero-order chi connectivity index (χ0) is 34.0. The van der Waals surface area contributed by atoms with E-state index in [1.54, 1.807) is 0 Å². The van der Waals surface area contributed by atoms with E-state index in [4.69, 9.17) is 0 Å². The fourth-order valence-corrected chi connectivity index (χ4v) is 8.61. The first-order chi connectivity index (χ1) is 18.1. The topological polar surface area (TPSA) is 77.5 Å². The molecule has 0 aliphatic carbocycles. The summed E-state index contributed by atoms with van der Waals surface area (Å²) in [7, 11) is -11.9. The number of alkyl halides is 17. The van der Waals surface area contributed by atoms with Crippen molar-refractivity contribution in [2.24, 2.45) is 5.92 Å². The van der Waals surface area contributed by atoms with Gasteiger partial charge in [-0.25, -0.2) is 3.63 Å². The smallest absolute Gasteiger partial charge is 0.300 e. The normalized spacial score (nSPS) is 19.7. The Morgan fingerprint density at radius 3 is 1.36 bits per heavy atom. The molecule has 0 amide bonds. The minimum atomic E-state index is -8.96. The van der Waals surface area contributed by atoms with Gasteiger partial charge in [0.05, 0.1) is 5.75 Å². The van der Waals surface area contributed by atoms with Crippen molar-refractivity contribution in [1.29, 1.82) is 0 Å². The molecule has 1 aliphatic rings. The number of ketones is 2. The Kier molecular flexibility index (Phi) is 9.87. The Morgan fingerprint density at radius 2 is 1.02 bits per heavy atom. The summed E-state index contributed by atoms with van der Waals surface area (Å²) in [6, 6.07) is 0. The zero-order valence-corrected chi connectivity index (χ0v) is 22.0. The molecule has 0 saturated carbocycles. The van der Waals surface area contributed by atoms with E-state index in [1.807, 2.05) is 0 Å². The molecule has 0 N–H and O–H groups in total. The Bertz CT molecular complexity index is 1150. The average molecular weight is 700 g/mol. The third-order valence-electron chi connectivity index (χ3n) is 5.80. The Morgan fingerprint density at radius 1 is 0.690 bits per heavy atom. The molecule has 0 unspecified atom stereocenters. The van der Waals surface area contributed by atoms with Gasteiger partial charge in [0.25, 0.3) is 0 Å². The van der Waals surface area contributed by atoms with Gasteiger partial charge in [-0.2, -0.15) is 83.1 Å². The van der Waals surface area contributed by atoms with Crippen molar-refractivity contribution >= 4 is 32.0 Å². The molecule has 1 heterocycles. The third kappa shape index (κ3) is 5.67. The molecule has 0 spiro atoms. The van der Waals surface area contributed by atoms with E-state index in [0.717, 1.165) is 13.8 Å². The maximum Gasteiger partial charge on any atom is 0.460 e. The van der Waals surface area contributed by atoms with Crippen LogP contribution >= 0.6 is 10.3 Å². The molecule has 0 radical (unpaired) electrons. The van der Waals surface area contributed by atoms with E-state index in [2.05, 4.69) is 3.63 Å². The molecule has 1 saturated heterocycles. The van der Waals surface area contributed by atoms with Gasteiger partial charge >= 0.3 is 57.1 Å². The van der Waals surface area contributed by atoms with Crippen LogP contribution in [-0.4, -0.2) is 84.2 Å². The lowest BCUT2D eigenvalue weighted by molar-refractivity contribution is -0.458. The Hall–Kier alpha value is -1.59. The first kappa shape index (κ1) is 38.4. The molecular formula is C18H17F17O5S2. The van der Waals surface area contributed by atoms with E-state index in [1.165, 1.54) is 0 Å². The third-order valence-corrected chi connectivity index (χ3v) is 11.3. The first-order valence-electron chi connectivity index (χ1n) is 10.6. The van der Waals surface area contributed by atoms with Crippen LogP contribution in [0.2, 0.25) is 0 Å². The zero-order valence-electron chi connectivity index (χ0n) is 20.4. The molecule has 5 nitrogen and oxygen atoms in total. The van der Waals surface area contributed by atoms with Crippen LogP contribution in [-0.2, 0) is 23.3 Å². The summed E-state index contributed by atoms with van der Waals surface area (Å²) in [5.41, 5.74) is 0. The highest BCUT2D eigenvalue weighted by Gasteiger charge is 2.96. The van der Waals surface area contributed by atoms with E-state index in [-0.39, 0.29) is 0 Å². The number of carbonyl (C=O) groups is 2. The summed E-state index contributed by atoms with van der Waals surface area (Å²) in [4.78, 5) is 23.5. The van der Waals surface area contributed by atoms with Crippen LogP contribution in [0.25, 0.3) is 0 Å².